The van der Waals surface area contributed by atoms with Crippen LogP contribution in [0.3, 0.4) is 0 Å². The van der Waals surface area contributed by atoms with Crippen molar-refractivity contribution in [3.8, 4) is 0 Å². The van der Waals surface area contributed by atoms with Crippen molar-refractivity contribution >= 4 is 0 Å². The molecule has 0 spiro atoms. The molecule has 0 aromatic carbocycles. The molecule has 9 heavy (non-hydrogen) atoms. The lowest BCUT2D eigenvalue weighted by molar-refractivity contribution is 0.702. The zero-order chi connectivity index (χ0) is 6.53. The minimum absolute atomic E-state index is 0.700. The maximum absolute atomic E-state index is 5.36. The highest BCUT2D eigenvalue weighted by molar-refractivity contribution is 5.15. The van der Waals surface area contributed by atoms with E-state index in [1.54, 1.807) is 0 Å². The molecule has 1 radical (unpaired) electrons. The summed E-state index contributed by atoms with van der Waals surface area (Å²) in [5, 5.41) is 0. The van der Waals surface area contributed by atoms with Crippen molar-refractivity contribution in [1.29, 1.82) is 0 Å². The van der Waals surface area contributed by atoms with E-state index in [1.807, 2.05) is 0 Å². The van der Waals surface area contributed by atoms with Crippen molar-refractivity contribution in [2.24, 2.45) is 5.73 Å². The Labute approximate surface area is 56.9 Å². The number of hydrogen-bond donors (Lipinski definition) is 1. The van der Waals surface area contributed by atoms with Crippen LogP contribution in [-0.4, -0.2) is 6.54 Å². The van der Waals surface area contributed by atoms with E-state index in [9.17, 15) is 0 Å². The third-order valence-corrected chi connectivity index (χ3v) is 1.71. The summed E-state index contributed by atoms with van der Waals surface area (Å²) in [6.07, 6.45) is 9.64. The number of nitrogens with two attached hydrogens (primary N) is 1. The Bertz CT molecular complexity index is 105. The van der Waals surface area contributed by atoms with E-state index < -0.39 is 0 Å². The Kier molecular flexibility index (Phi) is 2.78. The SMILES string of the molecule is NC[CH]C1=CCCCC1. The predicted octanol–water partition coefficient (Wildman–Crippen LogP) is 1.65. The lowest BCUT2D eigenvalue weighted by atomic mass is 9.97. The van der Waals surface area contributed by atoms with Gasteiger partial charge in [-0.1, -0.05) is 11.6 Å². The van der Waals surface area contributed by atoms with Gasteiger partial charge in [0.1, 0.15) is 0 Å². The summed E-state index contributed by atoms with van der Waals surface area (Å²) in [6.45, 7) is 0.700. The van der Waals surface area contributed by atoms with Crippen LogP contribution in [0.4, 0.5) is 0 Å². The van der Waals surface area contributed by atoms with E-state index >= 15 is 0 Å². The predicted molar refractivity (Wildman–Crippen MR) is 39.9 cm³/mol. The van der Waals surface area contributed by atoms with E-state index in [0.29, 0.717) is 6.54 Å². The average molecular weight is 124 g/mol. The van der Waals surface area contributed by atoms with Crippen molar-refractivity contribution in [3.63, 3.8) is 0 Å². The van der Waals surface area contributed by atoms with Crippen LogP contribution in [0, 0.1) is 6.42 Å². The van der Waals surface area contributed by atoms with Gasteiger partial charge in [0, 0.05) is 0 Å². The highest BCUT2D eigenvalue weighted by Crippen LogP contribution is 2.18. The second-order valence-electron chi connectivity index (χ2n) is 2.46. The third-order valence-electron chi connectivity index (χ3n) is 1.71. The molecule has 1 heteroatoms. The molecule has 2 N–H and O–H groups in total. The molecule has 51 valence electrons. The molecule has 0 fully saturated rings. The molecule has 1 aliphatic carbocycles. The van der Waals surface area contributed by atoms with Crippen molar-refractivity contribution in [2.45, 2.75) is 25.7 Å². The van der Waals surface area contributed by atoms with E-state index in [4.69, 9.17) is 5.73 Å². The molecule has 0 amide bonds. The Morgan fingerprint density at radius 1 is 1.56 bits per heavy atom. The molecule has 1 nitrogen and oxygen atoms in total. The quantitative estimate of drug-likeness (QED) is 0.595. The lowest BCUT2D eigenvalue weighted by Crippen LogP contribution is -2.03. The van der Waals surface area contributed by atoms with Gasteiger partial charge in [0.2, 0.25) is 0 Å². The van der Waals surface area contributed by atoms with Crippen LogP contribution in [-0.2, 0) is 0 Å². The molecule has 0 heterocycles. The highest BCUT2D eigenvalue weighted by atomic mass is 14.5. The van der Waals surface area contributed by atoms with Crippen LogP contribution in [0.15, 0.2) is 11.6 Å². The van der Waals surface area contributed by atoms with E-state index in [2.05, 4.69) is 12.5 Å². The molecule has 0 bridgehead atoms. The molecule has 0 aliphatic heterocycles. The van der Waals surface area contributed by atoms with Gasteiger partial charge in [0.25, 0.3) is 0 Å². The van der Waals surface area contributed by atoms with E-state index in [1.165, 1.54) is 31.3 Å². The maximum atomic E-state index is 5.36. The monoisotopic (exact) mass is 124 g/mol. The largest absolute Gasteiger partial charge is 0.330 e. The summed E-state index contributed by atoms with van der Waals surface area (Å²) < 4.78 is 0. The Hall–Kier alpha value is -0.300. The van der Waals surface area contributed by atoms with Gasteiger partial charge >= 0.3 is 0 Å². The minimum Gasteiger partial charge on any atom is -0.330 e. The van der Waals surface area contributed by atoms with Gasteiger partial charge in [-0.3, -0.25) is 0 Å². The van der Waals surface area contributed by atoms with Crippen molar-refractivity contribution in [3.05, 3.63) is 18.1 Å². The van der Waals surface area contributed by atoms with Crippen LogP contribution < -0.4 is 5.73 Å². The van der Waals surface area contributed by atoms with Crippen LogP contribution in [0.1, 0.15) is 25.7 Å². The molecular formula is C8H14N. The lowest BCUT2D eigenvalue weighted by Gasteiger charge is -2.10. The summed E-state index contributed by atoms with van der Waals surface area (Å²) in [7, 11) is 0. The first-order chi connectivity index (χ1) is 4.43. The smallest absolute Gasteiger partial charge is 0.000242 e. The van der Waals surface area contributed by atoms with Gasteiger partial charge in [-0.05, 0) is 38.6 Å². The Balaban J connectivity index is 2.28. The Morgan fingerprint density at radius 3 is 3.00 bits per heavy atom. The van der Waals surface area contributed by atoms with Gasteiger partial charge in [-0.25, -0.2) is 0 Å². The van der Waals surface area contributed by atoms with E-state index in [-0.39, 0.29) is 0 Å². The second-order valence-corrected chi connectivity index (χ2v) is 2.46. The first-order valence-corrected chi connectivity index (χ1v) is 3.66. The summed E-state index contributed by atoms with van der Waals surface area (Å²) in [4.78, 5) is 0. The fraction of sp³-hybridized carbons (Fsp3) is 0.625. The molecule has 0 unspecified atom stereocenters. The van der Waals surface area contributed by atoms with Gasteiger partial charge in [0.05, 0.1) is 0 Å². The molecule has 1 rings (SSSR count). The standard InChI is InChI=1S/C8H14N/c9-7-6-8-4-2-1-3-5-8/h4,6H,1-3,5,7,9H2. The minimum atomic E-state index is 0.700. The van der Waals surface area contributed by atoms with Crippen molar-refractivity contribution < 1.29 is 0 Å². The molecule has 0 saturated heterocycles. The van der Waals surface area contributed by atoms with Crippen molar-refractivity contribution in [2.75, 3.05) is 6.54 Å². The van der Waals surface area contributed by atoms with Crippen LogP contribution in [0.25, 0.3) is 0 Å². The second kappa shape index (κ2) is 3.67. The van der Waals surface area contributed by atoms with Gasteiger partial charge in [0.15, 0.2) is 0 Å². The number of allylic oxidation sites excluding steroid dienone is 1. The maximum Gasteiger partial charge on any atom is -0.000242 e. The number of hydrogen-bond acceptors (Lipinski definition) is 1. The first-order valence-electron chi connectivity index (χ1n) is 3.66. The van der Waals surface area contributed by atoms with Crippen molar-refractivity contribution in [1.82, 2.24) is 0 Å². The molecule has 0 atom stereocenters. The fourth-order valence-corrected chi connectivity index (χ4v) is 1.20. The zero-order valence-corrected chi connectivity index (χ0v) is 5.77. The topological polar surface area (TPSA) is 26.0 Å². The molecular weight excluding hydrogens is 110 g/mol. The van der Waals surface area contributed by atoms with Crippen LogP contribution >= 0.6 is 0 Å². The summed E-state index contributed by atoms with van der Waals surface area (Å²) in [6, 6.07) is 0. The highest BCUT2D eigenvalue weighted by Gasteiger charge is 2.00. The fourth-order valence-electron chi connectivity index (χ4n) is 1.20. The normalized spacial score (nSPS) is 19.4. The molecule has 0 aromatic heterocycles. The summed E-state index contributed by atoms with van der Waals surface area (Å²) in [5.74, 6) is 0. The molecule has 0 aromatic rings. The molecule has 1 aliphatic rings. The summed E-state index contributed by atoms with van der Waals surface area (Å²) >= 11 is 0. The third kappa shape index (κ3) is 2.19. The average Bonchev–Trinajstić information content (AvgIpc) is 1.91. The Morgan fingerprint density at radius 2 is 2.44 bits per heavy atom. The summed E-state index contributed by atoms with van der Waals surface area (Å²) in [5.41, 5.74) is 6.82. The molecule has 0 saturated carbocycles. The van der Waals surface area contributed by atoms with Gasteiger partial charge < -0.3 is 5.73 Å². The zero-order valence-electron chi connectivity index (χ0n) is 5.77. The van der Waals surface area contributed by atoms with E-state index in [0.717, 1.165) is 0 Å². The number of rotatable bonds is 2. The first kappa shape index (κ1) is 6.81. The van der Waals surface area contributed by atoms with Crippen LogP contribution in [0.5, 0.6) is 0 Å². The van der Waals surface area contributed by atoms with Gasteiger partial charge in [-0.2, -0.15) is 0 Å². The van der Waals surface area contributed by atoms with Crippen LogP contribution in [0.2, 0.25) is 0 Å². The van der Waals surface area contributed by atoms with Gasteiger partial charge in [-0.15, -0.1) is 0 Å².